The summed E-state index contributed by atoms with van der Waals surface area (Å²) >= 11 is 3.43. The first-order chi connectivity index (χ1) is 9.08. The summed E-state index contributed by atoms with van der Waals surface area (Å²) in [4.78, 5) is 4.41. The van der Waals surface area contributed by atoms with Crippen molar-refractivity contribution in [2.45, 2.75) is 19.3 Å². The van der Waals surface area contributed by atoms with Gasteiger partial charge in [0.1, 0.15) is 0 Å². The number of aliphatic imine (C=N–C) groups is 1. The van der Waals surface area contributed by atoms with Gasteiger partial charge in [-0.2, -0.15) is 4.99 Å². The zero-order valence-corrected chi connectivity index (χ0v) is 12.9. The van der Waals surface area contributed by atoms with Crippen LogP contribution < -0.4 is 0 Å². The van der Waals surface area contributed by atoms with Gasteiger partial charge in [-0.15, -0.1) is 0 Å². The highest BCUT2D eigenvalue weighted by atomic mass is 79.9. The van der Waals surface area contributed by atoms with Crippen LogP contribution in [0.1, 0.15) is 12.5 Å². The van der Waals surface area contributed by atoms with E-state index in [1.54, 1.807) is 14.2 Å². The molecule has 2 rings (SSSR count). The van der Waals surface area contributed by atoms with Crippen LogP contribution in [0.25, 0.3) is 0 Å². The Kier molecular flexibility index (Phi) is 4.60. The molecular weight excluding hydrogens is 310 g/mol. The third-order valence-corrected chi connectivity index (χ3v) is 3.73. The Bertz CT molecular complexity index is 454. The molecular formula is C14H18BrNO3. The van der Waals surface area contributed by atoms with E-state index in [0.717, 1.165) is 10.9 Å². The van der Waals surface area contributed by atoms with E-state index in [0.29, 0.717) is 12.5 Å². The number of halogens is 1. The molecule has 104 valence electrons. The Balaban J connectivity index is 2.04. The lowest BCUT2D eigenvalue weighted by atomic mass is 10.0. The van der Waals surface area contributed by atoms with Crippen LogP contribution in [0.15, 0.2) is 33.7 Å². The van der Waals surface area contributed by atoms with E-state index < -0.39 is 5.91 Å². The predicted molar refractivity (Wildman–Crippen MR) is 77.1 cm³/mol. The lowest BCUT2D eigenvalue weighted by Crippen LogP contribution is -2.32. The van der Waals surface area contributed by atoms with Gasteiger partial charge in [0.2, 0.25) is 0 Å². The van der Waals surface area contributed by atoms with Gasteiger partial charge in [0.05, 0.1) is 0 Å². The molecule has 0 aliphatic carbocycles. The monoisotopic (exact) mass is 327 g/mol. The van der Waals surface area contributed by atoms with Crippen molar-refractivity contribution in [1.29, 1.82) is 0 Å². The van der Waals surface area contributed by atoms with Gasteiger partial charge in [-0.05, 0) is 24.1 Å². The van der Waals surface area contributed by atoms with Crippen LogP contribution in [0, 0.1) is 5.92 Å². The molecule has 1 aliphatic heterocycles. The van der Waals surface area contributed by atoms with Crippen molar-refractivity contribution < 1.29 is 14.2 Å². The van der Waals surface area contributed by atoms with Crippen molar-refractivity contribution in [3.63, 3.8) is 0 Å². The van der Waals surface area contributed by atoms with Crippen molar-refractivity contribution >= 4 is 21.8 Å². The Labute approximate surface area is 121 Å². The van der Waals surface area contributed by atoms with Gasteiger partial charge >= 0.3 is 5.91 Å². The summed E-state index contributed by atoms with van der Waals surface area (Å²) < 4.78 is 17.2. The van der Waals surface area contributed by atoms with Crippen LogP contribution in [-0.2, 0) is 20.6 Å². The molecule has 0 saturated carbocycles. The van der Waals surface area contributed by atoms with Crippen molar-refractivity contribution in [3.05, 3.63) is 34.3 Å². The van der Waals surface area contributed by atoms with Crippen LogP contribution >= 0.6 is 15.9 Å². The van der Waals surface area contributed by atoms with Crippen LogP contribution in [-0.4, -0.2) is 32.6 Å². The average Bonchev–Trinajstić information content (AvgIpc) is 2.87. The van der Waals surface area contributed by atoms with E-state index in [9.17, 15) is 0 Å². The number of hydrogen-bond donors (Lipinski definition) is 0. The van der Waals surface area contributed by atoms with Crippen molar-refractivity contribution in [2.75, 3.05) is 20.8 Å². The Hall–Kier alpha value is -0.910. The highest BCUT2D eigenvalue weighted by molar-refractivity contribution is 9.10. The first-order valence-electron chi connectivity index (χ1n) is 6.16. The summed E-state index contributed by atoms with van der Waals surface area (Å²) in [5.41, 5.74) is 1.24. The molecule has 0 spiro atoms. The molecule has 0 amide bonds. The van der Waals surface area contributed by atoms with Crippen LogP contribution in [0.3, 0.4) is 0 Å². The summed E-state index contributed by atoms with van der Waals surface area (Å²) in [6, 6.07) is 8.26. The highest BCUT2D eigenvalue weighted by Crippen LogP contribution is 2.25. The van der Waals surface area contributed by atoms with E-state index >= 15 is 0 Å². The minimum atomic E-state index is -0.969. The Morgan fingerprint density at radius 1 is 1.32 bits per heavy atom. The zero-order valence-electron chi connectivity index (χ0n) is 11.4. The normalized spacial score (nSPS) is 18.8. The molecule has 4 nitrogen and oxygen atoms in total. The number of nitrogens with zero attached hydrogens (tertiary/aromatic N) is 1. The minimum absolute atomic E-state index is 0.188. The fourth-order valence-electron chi connectivity index (χ4n) is 2.00. The number of methoxy groups -OCH3 is 2. The maximum Gasteiger partial charge on any atom is 0.307 e. The summed E-state index contributed by atoms with van der Waals surface area (Å²) in [6.45, 7) is 2.39. The Morgan fingerprint density at radius 3 is 2.47 bits per heavy atom. The molecule has 1 aromatic rings. The molecule has 1 heterocycles. The van der Waals surface area contributed by atoms with Gasteiger partial charge < -0.3 is 14.2 Å². The van der Waals surface area contributed by atoms with E-state index in [2.05, 4.69) is 40.0 Å². The molecule has 0 N–H and O–H groups in total. The van der Waals surface area contributed by atoms with Crippen LogP contribution in [0.2, 0.25) is 0 Å². The molecule has 0 radical (unpaired) electrons. The van der Waals surface area contributed by atoms with Crippen molar-refractivity contribution in [1.82, 2.24) is 0 Å². The molecule has 0 aromatic heterocycles. The van der Waals surface area contributed by atoms with Gasteiger partial charge in [0, 0.05) is 24.6 Å². The number of rotatable bonds is 5. The Morgan fingerprint density at radius 2 is 1.95 bits per heavy atom. The number of ether oxygens (including phenoxy) is 3. The lowest BCUT2D eigenvalue weighted by Gasteiger charge is -2.18. The van der Waals surface area contributed by atoms with E-state index in [-0.39, 0.29) is 5.92 Å². The van der Waals surface area contributed by atoms with Gasteiger partial charge in [-0.3, -0.25) is 0 Å². The molecule has 5 heteroatoms. The minimum Gasteiger partial charge on any atom is -0.473 e. The lowest BCUT2D eigenvalue weighted by molar-refractivity contribution is -0.205. The molecule has 1 unspecified atom stereocenters. The van der Waals surface area contributed by atoms with Crippen LogP contribution in [0.5, 0.6) is 0 Å². The zero-order chi connectivity index (χ0) is 13.9. The second kappa shape index (κ2) is 6.03. The molecule has 0 bridgehead atoms. The maximum absolute atomic E-state index is 5.60. The third-order valence-electron chi connectivity index (χ3n) is 3.20. The van der Waals surface area contributed by atoms with Crippen molar-refractivity contribution in [3.8, 4) is 0 Å². The second-order valence-electron chi connectivity index (χ2n) is 4.59. The molecule has 19 heavy (non-hydrogen) atoms. The topological polar surface area (TPSA) is 40.0 Å². The van der Waals surface area contributed by atoms with E-state index in [1.807, 2.05) is 12.1 Å². The first-order valence-corrected chi connectivity index (χ1v) is 6.95. The molecule has 0 saturated heterocycles. The number of hydrogen-bond acceptors (Lipinski definition) is 4. The number of benzene rings is 1. The van der Waals surface area contributed by atoms with Gasteiger partial charge in [-0.1, -0.05) is 35.0 Å². The van der Waals surface area contributed by atoms with E-state index in [1.165, 1.54) is 5.56 Å². The quantitative estimate of drug-likeness (QED) is 0.780. The molecule has 0 fully saturated rings. The van der Waals surface area contributed by atoms with Gasteiger partial charge in [-0.25, -0.2) is 0 Å². The standard InChI is InChI=1S/C14H18BrNO3/c1-10(8-11-4-6-12(15)7-5-11)13-16-14(17-2,18-3)9-19-13/h4-7,10H,8-9H2,1-3H3. The maximum atomic E-state index is 5.60. The second-order valence-corrected chi connectivity index (χ2v) is 5.51. The smallest absolute Gasteiger partial charge is 0.307 e. The van der Waals surface area contributed by atoms with Crippen molar-refractivity contribution in [2.24, 2.45) is 10.9 Å². The molecule has 1 aliphatic rings. The predicted octanol–water partition coefficient (Wildman–Crippen LogP) is 3.00. The third kappa shape index (κ3) is 3.35. The summed E-state index contributed by atoms with van der Waals surface area (Å²) in [5, 5.41) is 0. The fraction of sp³-hybridized carbons (Fsp3) is 0.500. The summed E-state index contributed by atoms with van der Waals surface area (Å²) in [6.07, 6.45) is 0.871. The largest absolute Gasteiger partial charge is 0.473 e. The highest BCUT2D eigenvalue weighted by Gasteiger charge is 2.38. The SMILES string of the molecule is COC1(OC)COC(C(C)Cc2ccc(Br)cc2)=N1. The summed E-state index contributed by atoms with van der Waals surface area (Å²) in [7, 11) is 3.14. The van der Waals surface area contributed by atoms with Crippen LogP contribution in [0.4, 0.5) is 0 Å². The molecule has 1 aromatic carbocycles. The fourth-order valence-corrected chi connectivity index (χ4v) is 2.27. The van der Waals surface area contributed by atoms with Gasteiger partial charge in [0.25, 0.3) is 0 Å². The summed E-state index contributed by atoms with van der Waals surface area (Å²) in [5.74, 6) is -0.0940. The first kappa shape index (κ1) is 14.5. The van der Waals surface area contributed by atoms with E-state index in [4.69, 9.17) is 14.2 Å². The average molecular weight is 328 g/mol. The molecule has 1 atom stereocenters. The van der Waals surface area contributed by atoms with Gasteiger partial charge in [0.15, 0.2) is 12.5 Å².